The number of benzene rings is 2. The average molecular weight is 497 g/mol. The molecule has 1 N–H and O–H groups in total. The molecule has 1 aliphatic rings. The van der Waals surface area contributed by atoms with E-state index in [1.807, 2.05) is 19.1 Å². The number of hydrogen-bond acceptors (Lipinski definition) is 8. The number of nitro benzene ring substituents is 1. The van der Waals surface area contributed by atoms with Gasteiger partial charge in [0.1, 0.15) is 11.7 Å². The molecule has 2 aromatic rings. The average Bonchev–Trinajstić information content (AvgIpc) is 2.86. The quantitative estimate of drug-likeness (QED) is 0.230. The van der Waals surface area contributed by atoms with Crippen molar-refractivity contribution in [1.82, 2.24) is 9.80 Å². The van der Waals surface area contributed by atoms with Crippen LogP contribution in [0.2, 0.25) is 0 Å². The molecule has 0 unspecified atom stereocenters. The summed E-state index contributed by atoms with van der Waals surface area (Å²) in [6, 6.07) is 8.97. The van der Waals surface area contributed by atoms with E-state index in [-0.39, 0.29) is 5.56 Å². The van der Waals surface area contributed by atoms with Crippen LogP contribution in [0.15, 0.2) is 42.1 Å². The number of nitro groups is 1. The molecule has 0 spiro atoms. The van der Waals surface area contributed by atoms with Crippen LogP contribution in [0, 0.1) is 17.0 Å². The first kappa shape index (κ1) is 26.7. The van der Waals surface area contributed by atoms with Crippen LogP contribution in [0.3, 0.4) is 0 Å². The van der Waals surface area contributed by atoms with Gasteiger partial charge in [0, 0.05) is 44.9 Å². The van der Waals surface area contributed by atoms with Crippen LogP contribution in [0.5, 0.6) is 11.5 Å². The number of piperazine rings is 1. The highest BCUT2D eigenvalue weighted by Crippen LogP contribution is 2.32. The number of amides is 1. The van der Waals surface area contributed by atoms with Gasteiger partial charge in [0.25, 0.3) is 5.91 Å². The third-order valence-corrected chi connectivity index (χ3v) is 6.27. The molecule has 0 bridgehead atoms. The van der Waals surface area contributed by atoms with E-state index in [9.17, 15) is 24.8 Å². The molecule has 1 amide bonds. The summed E-state index contributed by atoms with van der Waals surface area (Å²) in [4.78, 5) is 40.4. The molecule has 2 aromatic carbocycles. The molecule has 10 nitrogen and oxygen atoms in total. The van der Waals surface area contributed by atoms with Gasteiger partial charge in [0.15, 0.2) is 5.75 Å². The zero-order valence-electron chi connectivity index (χ0n) is 20.9. The molecule has 192 valence electrons. The molecular weight excluding hydrogens is 464 g/mol. The lowest BCUT2D eigenvalue weighted by atomic mass is 10.1. The number of rotatable bonds is 10. The summed E-state index contributed by atoms with van der Waals surface area (Å²) in [7, 11) is 3.65. The van der Waals surface area contributed by atoms with E-state index in [0.29, 0.717) is 30.2 Å². The van der Waals surface area contributed by atoms with Gasteiger partial charge in [-0.3, -0.25) is 14.9 Å². The van der Waals surface area contributed by atoms with E-state index in [4.69, 9.17) is 4.74 Å². The van der Waals surface area contributed by atoms with Crippen LogP contribution < -0.4 is 9.64 Å². The summed E-state index contributed by atoms with van der Waals surface area (Å²) in [6.45, 7) is 5.84. The minimum atomic E-state index is -0.710. The van der Waals surface area contributed by atoms with Crippen molar-refractivity contribution in [2.75, 3.05) is 51.8 Å². The van der Waals surface area contributed by atoms with Crippen LogP contribution in [0.4, 0.5) is 11.4 Å². The lowest BCUT2D eigenvalue weighted by Gasteiger charge is -2.34. The first-order valence-electron chi connectivity index (χ1n) is 11.9. The van der Waals surface area contributed by atoms with Crippen LogP contribution >= 0.6 is 0 Å². The van der Waals surface area contributed by atoms with E-state index >= 15 is 0 Å². The maximum absolute atomic E-state index is 13.0. The van der Waals surface area contributed by atoms with Crippen molar-refractivity contribution < 1.29 is 24.4 Å². The molecule has 1 fully saturated rings. The second-order valence-corrected chi connectivity index (χ2v) is 8.94. The third kappa shape index (κ3) is 6.62. The fraction of sp³-hybridized carbons (Fsp3) is 0.423. The van der Waals surface area contributed by atoms with E-state index < -0.39 is 22.3 Å². The number of likely N-dealkylation sites (N-methyl/N-ethyl adjacent to an activating group) is 1. The van der Waals surface area contributed by atoms with Gasteiger partial charge in [-0.15, -0.1) is 0 Å². The maximum Gasteiger partial charge on any atom is 0.310 e. The summed E-state index contributed by atoms with van der Waals surface area (Å²) < 4.78 is 6.01. The van der Waals surface area contributed by atoms with Gasteiger partial charge in [-0.05, 0) is 63.1 Å². The number of aromatic hydroxyl groups is 1. The van der Waals surface area contributed by atoms with Gasteiger partial charge >= 0.3 is 5.69 Å². The van der Waals surface area contributed by atoms with Crippen molar-refractivity contribution in [3.63, 3.8) is 0 Å². The smallest absolute Gasteiger partial charge is 0.310 e. The van der Waals surface area contributed by atoms with Gasteiger partial charge in [-0.2, -0.15) is 0 Å². The van der Waals surface area contributed by atoms with Gasteiger partial charge in [0.05, 0.1) is 22.9 Å². The van der Waals surface area contributed by atoms with E-state index in [1.54, 1.807) is 13.1 Å². The Morgan fingerprint density at radius 1 is 1.17 bits per heavy atom. The number of carbonyl (C=O) groups excluding carboxylic acids is 2. The Bertz CT molecular complexity index is 1150. The molecule has 10 heteroatoms. The predicted octanol–water partition coefficient (Wildman–Crippen LogP) is 3.40. The SMILES string of the molecule is Cc1ccc(N(C)C(=O)c2ccc([N+](=O)[O-])c(O)c2)c(OCCCCC(=C=O)N2CCN(C)CC2)c1. The summed E-state index contributed by atoms with van der Waals surface area (Å²) in [5.74, 6) is 1.62. The number of nitrogens with zero attached hydrogens (tertiary/aromatic N) is 4. The number of ether oxygens (including phenoxy) is 1. The summed E-state index contributed by atoms with van der Waals surface area (Å²) in [6.07, 6.45) is 2.13. The monoisotopic (exact) mass is 496 g/mol. The molecule has 3 rings (SSSR count). The number of carbonyl (C=O) groups is 1. The van der Waals surface area contributed by atoms with Crippen molar-refractivity contribution in [2.24, 2.45) is 0 Å². The van der Waals surface area contributed by atoms with Crippen molar-refractivity contribution in [3.8, 4) is 11.5 Å². The van der Waals surface area contributed by atoms with Crippen molar-refractivity contribution >= 4 is 23.2 Å². The second-order valence-electron chi connectivity index (χ2n) is 8.94. The zero-order chi connectivity index (χ0) is 26.2. The number of hydrogen-bond donors (Lipinski definition) is 1. The summed E-state index contributed by atoms with van der Waals surface area (Å²) in [5.41, 5.74) is 1.85. The van der Waals surface area contributed by atoms with Crippen LogP contribution in [-0.4, -0.2) is 78.6 Å². The first-order chi connectivity index (χ1) is 17.2. The second kappa shape index (κ2) is 12.2. The van der Waals surface area contributed by atoms with Crippen LogP contribution in [0.1, 0.15) is 35.2 Å². The molecule has 1 aliphatic heterocycles. The highest BCUT2D eigenvalue weighted by molar-refractivity contribution is 6.07. The summed E-state index contributed by atoms with van der Waals surface area (Å²) >= 11 is 0. The minimum Gasteiger partial charge on any atom is -0.502 e. The van der Waals surface area contributed by atoms with Crippen molar-refractivity contribution in [1.29, 1.82) is 0 Å². The zero-order valence-corrected chi connectivity index (χ0v) is 20.9. The molecule has 0 atom stereocenters. The Labute approximate surface area is 210 Å². The molecule has 0 aliphatic carbocycles. The lowest BCUT2D eigenvalue weighted by molar-refractivity contribution is -0.385. The Morgan fingerprint density at radius 2 is 1.89 bits per heavy atom. The molecular formula is C26H32N4O6. The number of phenols is 1. The third-order valence-electron chi connectivity index (χ3n) is 6.27. The molecule has 0 saturated carbocycles. The van der Waals surface area contributed by atoms with Crippen molar-refractivity contribution in [3.05, 3.63) is 63.3 Å². The maximum atomic E-state index is 13.0. The number of phenolic OH excluding ortho intramolecular Hbond substituents is 1. The normalized spacial score (nSPS) is 13.7. The minimum absolute atomic E-state index is 0.115. The highest BCUT2D eigenvalue weighted by atomic mass is 16.6. The topological polar surface area (TPSA) is 116 Å². The molecule has 1 heterocycles. The van der Waals surface area contributed by atoms with Gasteiger partial charge in [0.2, 0.25) is 0 Å². The Hall–Kier alpha value is -3.88. The number of allylic oxidation sites excluding steroid dienone is 1. The Morgan fingerprint density at radius 3 is 2.53 bits per heavy atom. The van der Waals surface area contributed by atoms with Gasteiger partial charge < -0.3 is 24.5 Å². The van der Waals surface area contributed by atoms with Crippen molar-refractivity contribution in [2.45, 2.75) is 26.2 Å². The van der Waals surface area contributed by atoms with E-state index in [1.165, 1.54) is 11.0 Å². The first-order valence-corrected chi connectivity index (χ1v) is 11.9. The lowest BCUT2D eigenvalue weighted by Crippen LogP contribution is -2.44. The van der Waals surface area contributed by atoms with Gasteiger partial charge in [-0.25, -0.2) is 4.79 Å². The predicted molar refractivity (Wildman–Crippen MR) is 136 cm³/mol. The van der Waals surface area contributed by atoms with E-state index in [2.05, 4.69) is 22.8 Å². The fourth-order valence-corrected chi connectivity index (χ4v) is 4.05. The number of aryl methyl sites for hydroxylation is 1. The fourth-order valence-electron chi connectivity index (χ4n) is 4.05. The van der Waals surface area contributed by atoms with Gasteiger partial charge in [-0.1, -0.05) is 6.07 Å². The number of unbranched alkanes of at least 4 members (excludes halogenated alkanes) is 1. The summed E-state index contributed by atoms with van der Waals surface area (Å²) in [5, 5.41) is 20.8. The van der Waals surface area contributed by atoms with Crippen LogP contribution in [-0.2, 0) is 4.79 Å². The standard InChI is InChI=1S/C26H32N4O6/c1-19-7-9-23(28(3)26(33)20-8-10-22(30(34)35)24(32)17-20)25(16-19)36-15-5-4-6-21(18-31)29-13-11-27(2)12-14-29/h7-10,16-17,32H,4-6,11-15H2,1-3H3. The molecule has 0 aromatic heterocycles. The number of anilines is 1. The Balaban J connectivity index is 1.60. The Kier molecular flexibility index (Phi) is 9.05. The van der Waals surface area contributed by atoms with E-state index in [0.717, 1.165) is 56.7 Å². The molecule has 36 heavy (non-hydrogen) atoms. The largest absolute Gasteiger partial charge is 0.502 e. The molecule has 1 saturated heterocycles. The van der Waals surface area contributed by atoms with Crippen LogP contribution in [0.25, 0.3) is 0 Å². The highest BCUT2D eigenvalue weighted by Gasteiger charge is 2.21. The molecule has 0 radical (unpaired) electrons.